The molecule has 7 heteroatoms. The molecule has 0 fully saturated rings. The number of aryl methyl sites for hydroxylation is 1. The molecule has 0 saturated heterocycles. The van der Waals surface area contributed by atoms with E-state index in [-0.39, 0.29) is 5.56 Å². The van der Waals surface area contributed by atoms with E-state index in [9.17, 15) is 13.2 Å². The second-order valence-electron chi connectivity index (χ2n) is 5.92. The van der Waals surface area contributed by atoms with Gasteiger partial charge in [-0.15, -0.1) is 10.2 Å². The SMILES string of the molecule is Cc1cccc2ccc(-c3nnc4ccc(CC(F)(F)F)cn34)nc12. The van der Waals surface area contributed by atoms with Crippen molar-refractivity contribution in [3.63, 3.8) is 0 Å². The van der Waals surface area contributed by atoms with Crippen molar-refractivity contribution in [2.24, 2.45) is 0 Å². The van der Waals surface area contributed by atoms with Crippen LogP contribution in [0.5, 0.6) is 0 Å². The average Bonchev–Trinajstić information content (AvgIpc) is 2.97. The number of hydrogen-bond acceptors (Lipinski definition) is 3. The molecular weight excluding hydrogens is 329 g/mol. The average molecular weight is 342 g/mol. The second-order valence-corrected chi connectivity index (χ2v) is 5.92. The maximum Gasteiger partial charge on any atom is 0.393 e. The van der Waals surface area contributed by atoms with E-state index in [0.29, 0.717) is 17.2 Å². The summed E-state index contributed by atoms with van der Waals surface area (Å²) in [5, 5.41) is 9.13. The Hall–Kier alpha value is -2.96. The smallest absolute Gasteiger partial charge is 0.281 e. The molecule has 0 atom stereocenters. The van der Waals surface area contributed by atoms with Gasteiger partial charge in [0.15, 0.2) is 11.5 Å². The van der Waals surface area contributed by atoms with Crippen LogP contribution in [0.4, 0.5) is 13.2 Å². The van der Waals surface area contributed by atoms with Crippen LogP contribution in [0.25, 0.3) is 28.1 Å². The van der Waals surface area contributed by atoms with Crippen LogP contribution in [0.2, 0.25) is 0 Å². The molecule has 0 aliphatic heterocycles. The molecule has 4 rings (SSSR count). The van der Waals surface area contributed by atoms with E-state index in [2.05, 4.69) is 15.2 Å². The molecule has 0 bridgehead atoms. The van der Waals surface area contributed by atoms with Crippen molar-refractivity contribution in [1.82, 2.24) is 19.6 Å². The lowest BCUT2D eigenvalue weighted by Gasteiger charge is -2.08. The van der Waals surface area contributed by atoms with Crippen LogP contribution < -0.4 is 0 Å². The van der Waals surface area contributed by atoms with E-state index in [4.69, 9.17) is 0 Å². The Morgan fingerprint density at radius 1 is 1.00 bits per heavy atom. The largest absolute Gasteiger partial charge is 0.393 e. The van der Waals surface area contributed by atoms with Gasteiger partial charge >= 0.3 is 6.18 Å². The zero-order valence-electron chi connectivity index (χ0n) is 13.2. The van der Waals surface area contributed by atoms with Crippen LogP contribution in [0, 0.1) is 6.92 Å². The van der Waals surface area contributed by atoms with E-state index in [1.807, 2.05) is 31.2 Å². The monoisotopic (exact) mass is 342 g/mol. The fourth-order valence-corrected chi connectivity index (χ4v) is 2.87. The van der Waals surface area contributed by atoms with Crippen molar-refractivity contribution < 1.29 is 13.2 Å². The first kappa shape index (κ1) is 15.6. The molecule has 0 N–H and O–H groups in total. The zero-order chi connectivity index (χ0) is 17.6. The molecule has 0 saturated carbocycles. The van der Waals surface area contributed by atoms with Gasteiger partial charge in [0.2, 0.25) is 0 Å². The lowest BCUT2D eigenvalue weighted by molar-refractivity contribution is -0.127. The normalized spacial score (nSPS) is 12.2. The highest BCUT2D eigenvalue weighted by Crippen LogP contribution is 2.25. The van der Waals surface area contributed by atoms with Gasteiger partial charge in [-0.3, -0.25) is 4.40 Å². The summed E-state index contributed by atoms with van der Waals surface area (Å²) < 4.78 is 39.5. The number of pyridine rings is 2. The highest BCUT2D eigenvalue weighted by molar-refractivity contribution is 5.83. The van der Waals surface area contributed by atoms with Crippen molar-refractivity contribution >= 4 is 16.6 Å². The topological polar surface area (TPSA) is 43.1 Å². The summed E-state index contributed by atoms with van der Waals surface area (Å²) in [4.78, 5) is 4.63. The summed E-state index contributed by atoms with van der Waals surface area (Å²) in [6.45, 7) is 1.96. The number of halogens is 3. The number of aromatic nitrogens is 4. The number of para-hydroxylation sites is 1. The molecule has 3 heterocycles. The standard InChI is InChI=1S/C18H13F3N4/c1-11-3-2-4-13-6-7-14(22-16(11)13)17-24-23-15-8-5-12(10-25(15)17)9-18(19,20)21/h2-8,10H,9H2,1H3. The summed E-state index contributed by atoms with van der Waals surface area (Å²) in [6.07, 6.45) is -3.84. The number of alkyl halides is 3. The van der Waals surface area contributed by atoms with Gasteiger partial charge in [-0.2, -0.15) is 13.2 Å². The minimum absolute atomic E-state index is 0.151. The summed E-state index contributed by atoms with van der Waals surface area (Å²) in [7, 11) is 0. The fraction of sp³-hybridized carbons (Fsp3) is 0.167. The van der Waals surface area contributed by atoms with Gasteiger partial charge in [0.1, 0.15) is 5.69 Å². The quantitative estimate of drug-likeness (QED) is 0.544. The zero-order valence-corrected chi connectivity index (χ0v) is 13.2. The predicted molar refractivity (Wildman–Crippen MR) is 88.2 cm³/mol. The molecule has 0 amide bonds. The van der Waals surface area contributed by atoms with Crippen LogP contribution in [0.15, 0.2) is 48.7 Å². The van der Waals surface area contributed by atoms with Gasteiger partial charge in [-0.25, -0.2) is 4.98 Å². The number of nitrogens with zero attached hydrogens (tertiary/aromatic N) is 4. The third-order valence-electron chi connectivity index (χ3n) is 4.02. The molecule has 0 spiro atoms. The summed E-state index contributed by atoms with van der Waals surface area (Å²) in [5.41, 5.74) is 3.05. The maximum atomic E-state index is 12.7. The molecule has 1 aromatic carbocycles. The Balaban J connectivity index is 1.86. The van der Waals surface area contributed by atoms with E-state index in [1.54, 1.807) is 10.5 Å². The van der Waals surface area contributed by atoms with E-state index < -0.39 is 12.6 Å². The van der Waals surface area contributed by atoms with Crippen LogP contribution in [-0.4, -0.2) is 25.8 Å². The third-order valence-corrected chi connectivity index (χ3v) is 4.02. The lowest BCUT2D eigenvalue weighted by Crippen LogP contribution is -2.12. The summed E-state index contributed by atoms with van der Waals surface area (Å²) in [5.74, 6) is 0.421. The highest BCUT2D eigenvalue weighted by Gasteiger charge is 2.28. The third kappa shape index (κ3) is 2.93. The number of fused-ring (bicyclic) bond motifs is 2. The molecule has 3 aromatic heterocycles. The number of hydrogen-bond donors (Lipinski definition) is 0. The molecule has 0 aliphatic carbocycles. The highest BCUT2D eigenvalue weighted by atomic mass is 19.4. The van der Waals surface area contributed by atoms with Crippen molar-refractivity contribution in [2.75, 3.05) is 0 Å². The molecule has 126 valence electrons. The fourth-order valence-electron chi connectivity index (χ4n) is 2.87. The Bertz CT molecular complexity index is 1080. The number of rotatable bonds is 2. The number of benzene rings is 1. The Kier molecular flexibility index (Phi) is 3.45. The van der Waals surface area contributed by atoms with Gasteiger partial charge in [0, 0.05) is 11.6 Å². The van der Waals surface area contributed by atoms with Crippen molar-refractivity contribution in [2.45, 2.75) is 19.5 Å². The summed E-state index contributed by atoms with van der Waals surface area (Å²) in [6, 6.07) is 12.5. The maximum absolute atomic E-state index is 12.7. The molecule has 0 radical (unpaired) electrons. The Labute approximate surface area is 141 Å². The van der Waals surface area contributed by atoms with E-state index >= 15 is 0 Å². The summed E-state index contributed by atoms with van der Waals surface area (Å²) >= 11 is 0. The van der Waals surface area contributed by atoms with Crippen LogP contribution >= 0.6 is 0 Å². The van der Waals surface area contributed by atoms with Crippen LogP contribution in [-0.2, 0) is 6.42 Å². The first-order chi connectivity index (χ1) is 11.9. The minimum Gasteiger partial charge on any atom is -0.281 e. The van der Waals surface area contributed by atoms with Gasteiger partial charge in [0.05, 0.1) is 11.9 Å². The van der Waals surface area contributed by atoms with Gasteiger partial charge in [-0.05, 0) is 30.2 Å². The lowest BCUT2D eigenvalue weighted by atomic mass is 10.1. The molecule has 4 aromatic rings. The molecule has 0 aliphatic rings. The predicted octanol–water partition coefficient (Wildman–Crippen LogP) is 4.36. The molecule has 0 unspecified atom stereocenters. The van der Waals surface area contributed by atoms with Crippen LogP contribution in [0.3, 0.4) is 0 Å². The van der Waals surface area contributed by atoms with Crippen molar-refractivity contribution in [1.29, 1.82) is 0 Å². The van der Waals surface area contributed by atoms with E-state index in [1.165, 1.54) is 18.3 Å². The van der Waals surface area contributed by atoms with E-state index in [0.717, 1.165) is 16.5 Å². The molecule has 4 nitrogen and oxygen atoms in total. The van der Waals surface area contributed by atoms with Crippen molar-refractivity contribution in [3.8, 4) is 11.5 Å². The van der Waals surface area contributed by atoms with Crippen molar-refractivity contribution in [3.05, 3.63) is 59.8 Å². The molecule has 25 heavy (non-hydrogen) atoms. The van der Waals surface area contributed by atoms with Gasteiger partial charge in [-0.1, -0.05) is 30.3 Å². The van der Waals surface area contributed by atoms with Crippen LogP contribution in [0.1, 0.15) is 11.1 Å². The second kappa shape index (κ2) is 5.54. The Morgan fingerprint density at radius 2 is 1.84 bits per heavy atom. The minimum atomic E-state index is -4.26. The van der Waals surface area contributed by atoms with Gasteiger partial charge < -0.3 is 0 Å². The van der Waals surface area contributed by atoms with Gasteiger partial charge in [0.25, 0.3) is 0 Å². The Morgan fingerprint density at radius 3 is 2.64 bits per heavy atom. The molecular formula is C18H13F3N4. The first-order valence-corrected chi connectivity index (χ1v) is 7.68. The first-order valence-electron chi connectivity index (χ1n) is 7.68.